The molecule has 1 N–H and O–H groups in total. The van der Waals surface area contributed by atoms with E-state index in [2.05, 4.69) is 55.5 Å². The molecule has 0 spiro atoms. The van der Waals surface area contributed by atoms with Gasteiger partial charge in [-0.1, -0.05) is 6.07 Å². The summed E-state index contributed by atoms with van der Waals surface area (Å²) in [6.07, 6.45) is 0. The van der Waals surface area contributed by atoms with Crippen molar-refractivity contribution in [1.82, 2.24) is 10.3 Å². The molecule has 2 atom stereocenters. The number of hydrogen-bond donors (Lipinski definition) is 1. The van der Waals surface area contributed by atoms with E-state index in [1.54, 1.807) is 22.7 Å². The number of hydrogen-bond acceptors (Lipinski definition) is 4. The smallest absolute Gasteiger partial charge is 0.0900 e. The minimum atomic E-state index is 0.360. The van der Waals surface area contributed by atoms with Gasteiger partial charge in [-0.3, -0.25) is 0 Å². The van der Waals surface area contributed by atoms with Crippen LogP contribution in [0.2, 0.25) is 0 Å². The van der Waals surface area contributed by atoms with Gasteiger partial charge in [-0.2, -0.15) is 0 Å². The Morgan fingerprint density at radius 1 is 1.24 bits per heavy atom. The quantitative estimate of drug-likeness (QED) is 0.895. The molecule has 0 bridgehead atoms. The number of aryl methyl sites for hydroxylation is 2. The van der Waals surface area contributed by atoms with Crippen LogP contribution in [0.4, 0.5) is 0 Å². The molecule has 0 aliphatic rings. The number of aromatic nitrogens is 1. The predicted molar refractivity (Wildman–Crippen MR) is 75.9 cm³/mol. The standard InChI is InChI=1S/C13H18N2S2/c1-8(12-6-5-7-16-12)14-9(2)13-10(3)15-11(4)17-13/h5-9,14H,1-4H3/t8-,9?/m0/s1. The van der Waals surface area contributed by atoms with Crippen molar-refractivity contribution in [2.75, 3.05) is 0 Å². The van der Waals surface area contributed by atoms with Crippen molar-refractivity contribution in [3.63, 3.8) is 0 Å². The van der Waals surface area contributed by atoms with Crippen LogP contribution in [0, 0.1) is 13.8 Å². The lowest BCUT2D eigenvalue weighted by molar-refractivity contribution is 0.503. The molecule has 0 aromatic carbocycles. The first-order valence-electron chi connectivity index (χ1n) is 5.81. The third-order valence-corrected chi connectivity index (χ3v) is 5.11. The normalized spacial score (nSPS) is 14.8. The van der Waals surface area contributed by atoms with Crippen molar-refractivity contribution in [3.8, 4) is 0 Å². The van der Waals surface area contributed by atoms with Crippen molar-refractivity contribution in [1.29, 1.82) is 0 Å². The Morgan fingerprint density at radius 3 is 2.53 bits per heavy atom. The highest BCUT2D eigenvalue weighted by molar-refractivity contribution is 7.11. The number of nitrogens with one attached hydrogen (secondary N) is 1. The number of thiophene rings is 1. The summed E-state index contributed by atoms with van der Waals surface area (Å²) >= 11 is 3.59. The van der Waals surface area contributed by atoms with Gasteiger partial charge < -0.3 is 5.32 Å². The van der Waals surface area contributed by atoms with Gasteiger partial charge in [0, 0.05) is 21.8 Å². The Morgan fingerprint density at radius 2 is 2.00 bits per heavy atom. The molecule has 0 aliphatic heterocycles. The summed E-state index contributed by atoms with van der Waals surface area (Å²) in [7, 11) is 0. The van der Waals surface area contributed by atoms with Crippen LogP contribution in [0.25, 0.3) is 0 Å². The maximum absolute atomic E-state index is 4.48. The van der Waals surface area contributed by atoms with Gasteiger partial charge in [-0.15, -0.1) is 22.7 Å². The zero-order valence-corrected chi connectivity index (χ0v) is 12.3. The zero-order valence-electron chi connectivity index (χ0n) is 10.7. The van der Waals surface area contributed by atoms with Crippen LogP contribution in [0.1, 0.15) is 46.4 Å². The molecule has 0 radical (unpaired) electrons. The van der Waals surface area contributed by atoms with Gasteiger partial charge in [-0.25, -0.2) is 4.98 Å². The molecule has 0 fully saturated rings. The molecule has 0 saturated heterocycles. The Hall–Kier alpha value is -0.710. The van der Waals surface area contributed by atoms with E-state index in [0.29, 0.717) is 12.1 Å². The van der Waals surface area contributed by atoms with E-state index in [1.807, 2.05) is 0 Å². The maximum Gasteiger partial charge on any atom is 0.0900 e. The van der Waals surface area contributed by atoms with Gasteiger partial charge in [0.25, 0.3) is 0 Å². The molecular formula is C13H18N2S2. The second-order valence-corrected chi connectivity index (χ2v) is 6.52. The highest BCUT2D eigenvalue weighted by Crippen LogP contribution is 2.27. The average Bonchev–Trinajstić information content (AvgIpc) is 2.87. The van der Waals surface area contributed by atoms with Crippen LogP contribution in [0.5, 0.6) is 0 Å². The molecule has 0 aliphatic carbocycles. The zero-order chi connectivity index (χ0) is 12.4. The highest BCUT2D eigenvalue weighted by atomic mass is 32.1. The van der Waals surface area contributed by atoms with E-state index < -0.39 is 0 Å². The summed E-state index contributed by atoms with van der Waals surface area (Å²) in [5, 5.41) is 6.91. The van der Waals surface area contributed by atoms with Gasteiger partial charge >= 0.3 is 0 Å². The molecule has 2 rings (SSSR count). The van der Waals surface area contributed by atoms with Gasteiger partial charge in [-0.05, 0) is 39.1 Å². The highest BCUT2D eigenvalue weighted by Gasteiger charge is 2.16. The molecule has 4 heteroatoms. The fraction of sp³-hybridized carbons (Fsp3) is 0.462. The number of thiazole rings is 1. The van der Waals surface area contributed by atoms with Gasteiger partial charge in [0.15, 0.2) is 0 Å². The van der Waals surface area contributed by atoms with E-state index in [9.17, 15) is 0 Å². The summed E-state index contributed by atoms with van der Waals surface area (Å²) < 4.78 is 0. The van der Waals surface area contributed by atoms with Crippen molar-refractivity contribution in [2.24, 2.45) is 0 Å². The van der Waals surface area contributed by atoms with Crippen LogP contribution in [-0.2, 0) is 0 Å². The van der Waals surface area contributed by atoms with E-state index >= 15 is 0 Å². The van der Waals surface area contributed by atoms with E-state index in [1.165, 1.54) is 9.75 Å². The topological polar surface area (TPSA) is 24.9 Å². The third kappa shape index (κ3) is 2.94. The minimum absolute atomic E-state index is 0.360. The lowest BCUT2D eigenvalue weighted by atomic mass is 10.2. The molecule has 0 amide bonds. The van der Waals surface area contributed by atoms with E-state index in [-0.39, 0.29) is 0 Å². The molecule has 2 nitrogen and oxygen atoms in total. The molecular weight excluding hydrogens is 248 g/mol. The molecule has 1 unspecified atom stereocenters. The van der Waals surface area contributed by atoms with Gasteiger partial charge in [0.1, 0.15) is 0 Å². The summed E-state index contributed by atoms with van der Waals surface area (Å²) in [6, 6.07) is 5.04. The third-order valence-electron chi connectivity index (χ3n) is 2.80. The predicted octanol–water partition coefficient (Wildman–Crippen LogP) is 4.23. The molecule has 0 saturated carbocycles. The lowest BCUT2D eigenvalue weighted by Crippen LogP contribution is -2.21. The van der Waals surface area contributed by atoms with Crippen LogP contribution < -0.4 is 5.32 Å². The Balaban J connectivity index is 2.06. The molecule has 2 heterocycles. The number of nitrogens with zero attached hydrogens (tertiary/aromatic N) is 1. The monoisotopic (exact) mass is 266 g/mol. The van der Waals surface area contributed by atoms with Crippen LogP contribution >= 0.6 is 22.7 Å². The van der Waals surface area contributed by atoms with E-state index in [4.69, 9.17) is 0 Å². The second kappa shape index (κ2) is 5.29. The second-order valence-electron chi connectivity index (χ2n) is 4.31. The van der Waals surface area contributed by atoms with Crippen LogP contribution in [0.3, 0.4) is 0 Å². The van der Waals surface area contributed by atoms with Crippen molar-refractivity contribution >= 4 is 22.7 Å². The summed E-state index contributed by atoms with van der Waals surface area (Å²) in [5.74, 6) is 0. The SMILES string of the molecule is Cc1nc(C)c(C(C)N[C@@H](C)c2cccs2)s1. The molecule has 17 heavy (non-hydrogen) atoms. The first-order valence-corrected chi connectivity index (χ1v) is 7.51. The van der Waals surface area contributed by atoms with Gasteiger partial charge in [0.05, 0.1) is 10.7 Å². The molecule has 2 aromatic rings. The molecule has 2 aromatic heterocycles. The lowest BCUT2D eigenvalue weighted by Gasteiger charge is -2.18. The fourth-order valence-electron chi connectivity index (χ4n) is 2.02. The Kier molecular flexibility index (Phi) is 3.97. The minimum Gasteiger partial charge on any atom is -0.302 e. The van der Waals surface area contributed by atoms with Crippen LogP contribution in [0.15, 0.2) is 17.5 Å². The van der Waals surface area contributed by atoms with Crippen molar-refractivity contribution in [3.05, 3.63) is 38.0 Å². The van der Waals surface area contributed by atoms with Crippen molar-refractivity contribution < 1.29 is 0 Å². The summed E-state index contributed by atoms with van der Waals surface area (Å²) in [4.78, 5) is 7.22. The summed E-state index contributed by atoms with van der Waals surface area (Å²) in [5.41, 5.74) is 1.16. The van der Waals surface area contributed by atoms with Crippen LogP contribution in [-0.4, -0.2) is 4.98 Å². The van der Waals surface area contributed by atoms with Crippen molar-refractivity contribution in [2.45, 2.75) is 39.8 Å². The average molecular weight is 266 g/mol. The summed E-state index contributed by atoms with van der Waals surface area (Å²) in [6.45, 7) is 8.58. The first-order chi connectivity index (χ1) is 8.08. The fourth-order valence-corrected chi connectivity index (χ4v) is 3.70. The molecule has 92 valence electrons. The first kappa shape index (κ1) is 12.7. The Bertz CT molecular complexity index is 474. The largest absolute Gasteiger partial charge is 0.302 e. The van der Waals surface area contributed by atoms with E-state index in [0.717, 1.165) is 10.7 Å². The van der Waals surface area contributed by atoms with Gasteiger partial charge in [0.2, 0.25) is 0 Å². The number of rotatable bonds is 4. The Labute approximate surface area is 111 Å². The maximum atomic E-state index is 4.48.